The molecule has 0 bridgehead atoms. The minimum absolute atomic E-state index is 0.250. The summed E-state index contributed by atoms with van der Waals surface area (Å²) in [5.41, 5.74) is 5.44. The molecule has 6 heteroatoms. The highest BCUT2D eigenvalue weighted by atomic mass is 16.6. The smallest absolute Gasteiger partial charge is 0.246 e. The van der Waals surface area contributed by atoms with Crippen molar-refractivity contribution in [2.45, 2.75) is 25.9 Å². The molecule has 1 heterocycles. The van der Waals surface area contributed by atoms with Crippen molar-refractivity contribution in [2.75, 3.05) is 0 Å². The van der Waals surface area contributed by atoms with E-state index in [-0.39, 0.29) is 10.5 Å². The van der Waals surface area contributed by atoms with Crippen LogP contribution in [0.4, 0.5) is 0 Å². The van der Waals surface area contributed by atoms with Crippen LogP contribution in [0.25, 0.3) is 0 Å². The summed E-state index contributed by atoms with van der Waals surface area (Å²) in [5, 5.41) is 11.2. The fraction of sp³-hybridized carbons (Fsp3) is 0.312. The van der Waals surface area contributed by atoms with Crippen LogP contribution in [0.3, 0.4) is 0 Å². The highest BCUT2D eigenvalue weighted by molar-refractivity contribution is 5.93. The fourth-order valence-electron chi connectivity index (χ4n) is 2.44. The molecule has 0 aliphatic carbocycles. The Kier molecular flexibility index (Phi) is 4.30. The Bertz CT molecular complexity index is 635. The van der Waals surface area contributed by atoms with Crippen LogP contribution in [0.2, 0.25) is 0 Å². The van der Waals surface area contributed by atoms with Gasteiger partial charge in [-0.3, -0.25) is 14.9 Å². The Morgan fingerprint density at radius 1 is 1.36 bits per heavy atom. The molecule has 0 radical (unpaired) electrons. The Hall–Kier alpha value is -2.63. The standard InChI is InChI=1S/C16H19N3O3/c1-16(2,19(21)22)14-8-9-18(11-13(14)15(17)20)10-12-6-4-3-5-7-12/h3-9,11,14H,10H2,1-2H3,(H2,17,20). The van der Waals surface area contributed by atoms with E-state index >= 15 is 0 Å². The predicted octanol–water partition coefficient (Wildman–Crippen LogP) is 2.06. The van der Waals surface area contributed by atoms with Gasteiger partial charge in [0.25, 0.3) is 0 Å². The number of carbonyl (C=O) groups is 1. The Morgan fingerprint density at radius 3 is 2.55 bits per heavy atom. The second kappa shape index (κ2) is 6.01. The van der Waals surface area contributed by atoms with Gasteiger partial charge in [0.15, 0.2) is 0 Å². The van der Waals surface area contributed by atoms with Crippen LogP contribution in [-0.4, -0.2) is 21.3 Å². The highest BCUT2D eigenvalue weighted by Gasteiger charge is 2.44. The third-order valence-corrected chi connectivity index (χ3v) is 3.83. The van der Waals surface area contributed by atoms with E-state index in [1.54, 1.807) is 18.5 Å². The number of nitrogens with two attached hydrogens (primary N) is 1. The molecule has 116 valence electrons. The minimum atomic E-state index is -1.30. The molecule has 0 fully saturated rings. The molecular formula is C16H19N3O3. The number of primary amides is 1. The minimum Gasteiger partial charge on any atom is -0.366 e. The van der Waals surface area contributed by atoms with E-state index in [2.05, 4.69) is 0 Å². The van der Waals surface area contributed by atoms with Crippen molar-refractivity contribution in [1.29, 1.82) is 0 Å². The third-order valence-electron chi connectivity index (χ3n) is 3.83. The number of hydrogen-bond donors (Lipinski definition) is 1. The molecule has 0 aromatic heterocycles. The molecule has 1 atom stereocenters. The van der Waals surface area contributed by atoms with Crippen molar-refractivity contribution < 1.29 is 9.72 Å². The lowest BCUT2D eigenvalue weighted by Gasteiger charge is -2.30. The first kappa shape index (κ1) is 15.8. The molecule has 0 spiro atoms. The first-order valence-electron chi connectivity index (χ1n) is 6.96. The largest absolute Gasteiger partial charge is 0.366 e. The van der Waals surface area contributed by atoms with Crippen LogP contribution >= 0.6 is 0 Å². The number of rotatable bonds is 5. The SMILES string of the molecule is CC(C)(C1C=CN(Cc2ccccc2)C=C1C(N)=O)[N+](=O)[O-]. The molecule has 2 N–H and O–H groups in total. The van der Waals surface area contributed by atoms with E-state index < -0.39 is 17.4 Å². The van der Waals surface area contributed by atoms with E-state index in [1.165, 1.54) is 13.8 Å². The molecule has 0 saturated carbocycles. The molecule has 1 aliphatic rings. The Balaban J connectivity index is 2.27. The average molecular weight is 301 g/mol. The molecule has 1 aromatic carbocycles. The molecule has 22 heavy (non-hydrogen) atoms. The van der Waals surface area contributed by atoms with Gasteiger partial charge in [-0.2, -0.15) is 0 Å². The lowest BCUT2D eigenvalue weighted by Crippen LogP contribution is -2.43. The summed E-state index contributed by atoms with van der Waals surface area (Å²) in [4.78, 5) is 24.4. The molecule has 6 nitrogen and oxygen atoms in total. The first-order valence-corrected chi connectivity index (χ1v) is 6.96. The van der Waals surface area contributed by atoms with Crippen molar-refractivity contribution in [3.8, 4) is 0 Å². The normalized spacial score (nSPS) is 18.0. The lowest BCUT2D eigenvalue weighted by molar-refractivity contribution is -0.566. The van der Waals surface area contributed by atoms with Gasteiger partial charge in [-0.1, -0.05) is 36.4 Å². The van der Waals surface area contributed by atoms with Crippen molar-refractivity contribution in [3.05, 3.63) is 70.1 Å². The summed E-state index contributed by atoms with van der Waals surface area (Å²) in [7, 11) is 0. The number of hydrogen-bond acceptors (Lipinski definition) is 4. The van der Waals surface area contributed by atoms with E-state index in [4.69, 9.17) is 5.73 Å². The molecule has 1 unspecified atom stereocenters. The van der Waals surface area contributed by atoms with Gasteiger partial charge in [0.2, 0.25) is 11.4 Å². The van der Waals surface area contributed by atoms with Gasteiger partial charge in [-0.05, 0) is 5.56 Å². The Labute approximate surface area is 129 Å². The van der Waals surface area contributed by atoms with Crippen LogP contribution in [0.1, 0.15) is 19.4 Å². The first-order chi connectivity index (χ1) is 10.3. The second-order valence-electron chi connectivity index (χ2n) is 5.84. The maximum atomic E-state index is 11.7. The van der Waals surface area contributed by atoms with Gasteiger partial charge in [0.1, 0.15) is 0 Å². The van der Waals surface area contributed by atoms with Crippen LogP contribution in [0.5, 0.6) is 0 Å². The number of nitro groups is 1. The monoisotopic (exact) mass is 301 g/mol. The summed E-state index contributed by atoms with van der Waals surface area (Å²) in [6.07, 6.45) is 5.03. The molecule has 1 aromatic rings. The molecule has 1 aliphatic heterocycles. The molecule has 2 rings (SSSR count). The Morgan fingerprint density at radius 2 is 2.00 bits per heavy atom. The van der Waals surface area contributed by atoms with Crippen LogP contribution < -0.4 is 5.73 Å². The van der Waals surface area contributed by atoms with Crippen molar-refractivity contribution in [2.24, 2.45) is 11.7 Å². The average Bonchev–Trinajstić information content (AvgIpc) is 2.47. The van der Waals surface area contributed by atoms with Crippen LogP contribution in [0.15, 0.2) is 54.4 Å². The summed E-state index contributed by atoms with van der Waals surface area (Å²) in [6.45, 7) is 3.55. The van der Waals surface area contributed by atoms with Gasteiger partial charge in [-0.25, -0.2) is 0 Å². The summed E-state index contributed by atoms with van der Waals surface area (Å²) in [5.74, 6) is -1.28. The summed E-state index contributed by atoms with van der Waals surface area (Å²) >= 11 is 0. The second-order valence-corrected chi connectivity index (χ2v) is 5.84. The molecule has 1 amide bonds. The van der Waals surface area contributed by atoms with E-state index in [1.807, 2.05) is 35.2 Å². The van der Waals surface area contributed by atoms with Gasteiger partial charge < -0.3 is 10.6 Å². The zero-order valence-electron chi connectivity index (χ0n) is 12.6. The van der Waals surface area contributed by atoms with Crippen LogP contribution in [-0.2, 0) is 11.3 Å². The van der Waals surface area contributed by atoms with Crippen LogP contribution in [0, 0.1) is 16.0 Å². The third kappa shape index (κ3) is 3.16. The predicted molar refractivity (Wildman–Crippen MR) is 83.0 cm³/mol. The van der Waals surface area contributed by atoms with E-state index in [0.29, 0.717) is 6.54 Å². The van der Waals surface area contributed by atoms with Gasteiger partial charge in [0.05, 0.1) is 5.92 Å². The maximum absolute atomic E-state index is 11.7. The lowest BCUT2D eigenvalue weighted by atomic mass is 9.81. The summed E-state index contributed by atoms with van der Waals surface area (Å²) in [6, 6.07) is 9.73. The van der Waals surface area contributed by atoms with Gasteiger partial charge >= 0.3 is 0 Å². The topological polar surface area (TPSA) is 89.5 Å². The van der Waals surface area contributed by atoms with Gasteiger partial charge in [-0.15, -0.1) is 0 Å². The fourth-order valence-corrected chi connectivity index (χ4v) is 2.44. The number of nitrogens with zero attached hydrogens (tertiary/aromatic N) is 2. The number of amides is 1. The maximum Gasteiger partial charge on any atom is 0.246 e. The van der Waals surface area contributed by atoms with E-state index in [0.717, 1.165) is 5.56 Å². The highest BCUT2D eigenvalue weighted by Crippen LogP contribution is 2.32. The molecular weight excluding hydrogens is 282 g/mol. The van der Waals surface area contributed by atoms with Crippen molar-refractivity contribution in [3.63, 3.8) is 0 Å². The van der Waals surface area contributed by atoms with Gasteiger partial charge in [0, 0.05) is 43.3 Å². The van der Waals surface area contributed by atoms with Crippen molar-refractivity contribution >= 4 is 5.91 Å². The molecule has 0 saturated heterocycles. The zero-order valence-corrected chi connectivity index (χ0v) is 12.6. The van der Waals surface area contributed by atoms with E-state index in [9.17, 15) is 14.9 Å². The summed E-state index contributed by atoms with van der Waals surface area (Å²) < 4.78 is 0. The zero-order chi connectivity index (χ0) is 16.3. The van der Waals surface area contributed by atoms with Crippen molar-refractivity contribution in [1.82, 2.24) is 4.90 Å². The quantitative estimate of drug-likeness (QED) is 0.666. The number of benzene rings is 1. The number of carbonyl (C=O) groups excluding carboxylic acids is 1.